The summed E-state index contributed by atoms with van der Waals surface area (Å²) >= 11 is 0. The molecule has 3 rings (SSSR count). The Balaban J connectivity index is 1.57. The summed E-state index contributed by atoms with van der Waals surface area (Å²) in [4.78, 5) is 2.51. The molecular formula is C16H23FN2. The number of rotatable bonds is 4. The number of hydrogen-bond donors (Lipinski definition) is 1. The predicted molar refractivity (Wildman–Crippen MR) is 75.7 cm³/mol. The Morgan fingerprint density at radius 3 is 3.05 bits per heavy atom. The van der Waals surface area contributed by atoms with Crippen molar-refractivity contribution in [1.29, 1.82) is 0 Å². The van der Waals surface area contributed by atoms with Gasteiger partial charge in [-0.1, -0.05) is 19.1 Å². The summed E-state index contributed by atoms with van der Waals surface area (Å²) in [5.41, 5.74) is 2.12. The van der Waals surface area contributed by atoms with Crippen molar-refractivity contribution in [2.24, 2.45) is 5.92 Å². The Hall–Kier alpha value is -0.930. The summed E-state index contributed by atoms with van der Waals surface area (Å²) in [5, 5.41) is 3.66. The molecule has 1 aromatic carbocycles. The average molecular weight is 262 g/mol. The highest BCUT2D eigenvalue weighted by molar-refractivity contribution is 5.35. The highest BCUT2D eigenvalue weighted by Crippen LogP contribution is 2.32. The van der Waals surface area contributed by atoms with Crippen LogP contribution in [0.1, 0.15) is 36.9 Å². The van der Waals surface area contributed by atoms with Crippen molar-refractivity contribution in [1.82, 2.24) is 10.2 Å². The van der Waals surface area contributed by atoms with Crippen molar-refractivity contribution in [2.45, 2.75) is 32.2 Å². The van der Waals surface area contributed by atoms with Gasteiger partial charge in [-0.05, 0) is 62.0 Å². The van der Waals surface area contributed by atoms with Gasteiger partial charge in [0.2, 0.25) is 0 Å². The Morgan fingerprint density at radius 1 is 1.37 bits per heavy atom. The molecule has 2 nitrogen and oxygen atoms in total. The molecule has 0 spiro atoms. The lowest BCUT2D eigenvalue weighted by Crippen LogP contribution is -2.28. The zero-order chi connectivity index (χ0) is 13.2. The second-order valence-electron chi connectivity index (χ2n) is 5.86. The first-order chi connectivity index (χ1) is 9.28. The minimum Gasteiger partial charge on any atom is -0.310 e. The van der Waals surface area contributed by atoms with Gasteiger partial charge >= 0.3 is 0 Å². The monoisotopic (exact) mass is 262 g/mol. The van der Waals surface area contributed by atoms with E-state index < -0.39 is 0 Å². The number of halogens is 1. The minimum atomic E-state index is -0.0279. The lowest BCUT2D eigenvalue weighted by atomic mass is 10.1. The Bertz CT molecular complexity index is 446. The van der Waals surface area contributed by atoms with Crippen LogP contribution in [0.15, 0.2) is 18.2 Å². The van der Waals surface area contributed by atoms with Gasteiger partial charge in [0, 0.05) is 12.6 Å². The normalized spacial score (nSPS) is 26.8. The van der Waals surface area contributed by atoms with Crippen LogP contribution in [0, 0.1) is 11.7 Å². The molecular weight excluding hydrogens is 239 g/mol. The summed E-state index contributed by atoms with van der Waals surface area (Å²) in [6.07, 6.45) is 3.22. The smallest absolute Gasteiger partial charge is 0.126 e. The zero-order valence-corrected chi connectivity index (χ0v) is 11.7. The first-order valence-corrected chi connectivity index (χ1v) is 7.51. The maximum Gasteiger partial charge on any atom is 0.126 e. The molecule has 1 aliphatic carbocycles. The number of hydrogen-bond acceptors (Lipinski definition) is 2. The minimum absolute atomic E-state index is 0.0279. The summed E-state index contributed by atoms with van der Waals surface area (Å²) in [6.45, 7) is 6.90. The highest BCUT2D eigenvalue weighted by Gasteiger charge is 2.26. The van der Waals surface area contributed by atoms with Gasteiger partial charge in [0.15, 0.2) is 0 Å². The van der Waals surface area contributed by atoms with Crippen LogP contribution in [-0.4, -0.2) is 31.1 Å². The summed E-state index contributed by atoms with van der Waals surface area (Å²) in [5.74, 6) is 0.734. The lowest BCUT2D eigenvalue weighted by molar-refractivity contribution is 0.335. The fraction of sp³-hybridized carbons (Fsp3) is 0.625. The molecule has 1 aliphatic heterocycles. The Morgan fingerprint density at radius 2 is 2.26 bits per heavy atom. The SMILES string of the molecule is CCN1CCC(CNC2CCc3c(F)cccc32)C1. The predicted octanol–water partition coefficient (Wildman–Crippen LogP) is 2.74. The summed E-state index contributed by atoms with van der Waals surface area (Å²) in [7, 11) is 0. The van der Waals surface area contributed by atoms with Crippen molar-refractivity contribution < 1.29 is 4.39 Å². The molecule has 0 bridgehead atoms. The molecule has 19 heavy (non-hydrogen) atoms. The molecule has 1 fully saturated rings. The fourth-order valence-corrected chi connectivity index (χ4v) is 3.50. The molecule has 0 aromatic heterocycles. The molecule has 2 unspecified atom stereocenters. The topological polar surface area (TPSA) is 15.3 Å². The van der Waals surface area contributed by atoms with Crippen LogP contribution in [0.25, 0.3) is 0 Å². The standard InChI is InChI=1S/C16H23FN2/c1-2-19-9-8-12(11-19)10-18-16-7-6-13-14(16)4-3-5-15(13)17/h3-5,12,16,18H,2,6-11H2,1H3. The molecule has 2 aliphatic rings. The number of benzene rings is 1. The van der Waals surface area contributed by atoms with Gasteiger partial charge in [-0.3, -0.25) is 0 Å². The first kappa shape index (κ1) is 13.1. The molecule has 2 atom stereocenters. The van der Waals surface area contributed by atoms with Gasteiger partial charge in [-0.15, -0.1) is 0 Å². The lowest BCUT2D eigenvalue weighted by Gasteiger charge is -2.18. The van der Waals surface area contributed by atoms with E-state index in [2.05, 4.69) is 23.2 Å². The molecule has 0 amide bonds. The van der Waals surface area contributed by atoms with Crippen molar-refractivity contribution in [2.75, 3.05) is 26.2 Å². The van der Waals surface area contributed by atoms with Gasteiger partial charge in [0.05, 0.1) is 0 Å². The van der Waals surface area contributed by atoms with Gasteiger partial charge in [0.1, 0.15) is 5.82 Å². The van der Waals surface area contributed by atoms with Gasteiger partial charge in [-0.2, -0.15) is 0 Å². The van der Waals surface area contributed by atoms with E-state index in [1.807, 2.05) is 6.07 Å². The maximum atomic E-state index is 13.7. The third-order valence-electron chi connectivity index (χ3n) is 4.68. The van der Waals surface area contributed by atoms with Crippen LogP contribution in [0.2, 0.25) is 0 Å². The second kappa shape index (κ2) is 5.59. The van der Waals surface area contributed by atoms with Crippen LogP contribution in [0.5, 0.6) is 0 Å². The van der Waals surface area contributed by atoms with Crippen molar-refractivity contribution in [3.63, 3.8) is 0 Å². The van der Waals surface area contributed by atoms with Crippen molar-refractivity contribution in [3.05, 3.63) is 35.1 Å². The first-order valence-electron chi connectivity index (χ1n) is 7.51. The molecule has 3 heteroatoms. The highest BCUT2D eigenvalue weighted by atomic mass is 19.1. The van der Waals surface area contributed by atoms with E-state index >= 15 is 0 Å². The van der Waals surface area contributed by atoms with Crippen LogP contribution in [-0.2, 0) is 6.42 Å². The van der Waals surface area contributed by atoms with Crippen molar-refractivity contribution >= 4 is 0 Å². The van der Waals surface area contributed by atoms with Crippen LogP contribution in [0.4, 0.5) is 4.39 Å². The number of fused-ring (bicyclic) bond motifs is 1. The van der Waals surface area contributed by atoms with E-state index in [1.165, 1.54) is 25.1 Å². The molecule has 1 saturated heterocycles. The number of nitrogens with one attached hydrogen (secondary N) is 1. The van der Waals surface area contributed by atoms with E-state index in [0.717, 1.165) is 37.4 Å². The average Bonchev–Trinajstić information content (AvgIpc) is 3.03. The number of nitrogens with zero attached hydrogens (tertiary/aromatic N) is 1. The van der Waals surface area contributed by atoms with Crippen molar-refractivity contribution in [3.8, 4) is 0 Å². The molecule has 104 valence electrons. The van der Waals surface area contributed by atoms with Crippen LogP contribution < -0.4 is 5.32 Å². The molecule has 0 saturated carbocycles. The Labute approximate surface area is 115 Å². The fourth-order valence-electron chi connectivity index (χ4n) is 3.50. The van der Waals surface area contributed by atoms with Gasteiger partial charge < -0.3 is 10.2 Å². The molecule has 1 aromatic rings. The van der Waals surface area contributed by atoms with Gasteiger partial charge in [0.25, 0.3) is 0 Å². The third kappa shape index (κ3) is 2.67. The van der Waals surface area contributed by atoms with Crippen LogP contribution in [0.3, 0.4) is 0 Å². The van der Waals surface area contributed by atoms with E-state index in [1.54, 1.807) is 6.07 Å². The maximum absolute atomic E-state index is 13.7. The summed E-state index contributed by atoms with van der Waals surface area (Å²) in [6, 6.07) is 5.86. The third-order valence-corrected chi connectivity index (χ3v) is 4.68. The largest absolute Gasteiger partial charge is 0.310 e. The van der Waals surface area contributed by atoms with E-state index in [9.17, 15) is 4.39 Å². The quantitative estimate of drug-likeness (QED) is 0.897. The van der Waals surface area contributed by atoms with E-state index in [4.69, 9.17) is 0 Å². The zero-order valence-electron chi connectivity index (χ0n) is 11.7. The van der Waals surface area contributed by atoms with Gasteiger partial charge in [-0.25, -0.2) is 4.39 Å². The second-order valence-corrected chi connectivity index (χ2v) is 5.86. The summed E-state index contributed by atoms with van der Waals surface area (Å²) < 4.78 is 13.7. The van der Waals surface area contributed by atoms with Crippen LogP contribution >= 0.6 is 0 Å². The molecule has 1 heterocycles. The van der Waals surface area contributed by atoms with E-state index in [-0.39, 0.29) is 5.82 Å². The molecule has 0 radical (unpaired) electrons. The molecule has 1 N–H and O–H groups in total. The number of likely N-dealkylation sites (tertiary alicyclic amines) is 1. The van der Waals surface area contributed by atoms with E-state index in [0.29, 0.717) is 6.04 Å². The Kier molecular flexibility index (Phi) is 3.85.